The second kappa shape index (κ2) is 6.39. The van der Waals surface area contributed by atoms with Gasteiger partial charge in [-0.15, -0.1) is 0 Å². The fraction of sp³-hybridized carbons (Fsp3) is 0.867. The van der Waals surface area contributed by atoms with E-state index in [1.165, 1.54) is 50.1 Å². The molecule has 20 heavy (non-hydrogen) atoms. The van der Waals surface area contributed by atoms with Crippen LogP contribution in [0.2, 0.25) is 0 Å². The number of aromatic nitrogens is 2. The highest BCUT2D eigenvalue weighted by Gasteiger charge is 2.36. The number of aliphatic hydroxyl groups is 1. The Morgan fingerprint density at radius 3 is 2.75 bits per heavy atom. The van der Waals surface area contributed by atoms with Crippen LogP contribution >= 0.6 is 11.5 Å². The summed E-state index contributed by atoms with van der Waals surface area (Å²) in [5.74, 6) is 1.39. The van der Waals surface area contributed by atoms with E-state index in [1.807, 2.05) is 0 Å². The normalized spacial score (nSPS) is 31.5. The monoisotopic (exact) mass is 295 g/mol. The van der Waals surface area contributed by atoms with E-state index in [2.05, 4.69) is 21.2 Å². The van der Waals surface area contributed by atoms with Gasteiger partial charge in [0.05, 0.1) is 6.10 Å². The minimum Gasteiger partial charge on any atom is -0.393 e. The van der Waals surface area contributed by atoms with Crippen molar-refractivity contribution in [2.45, 2.75) is 70.4 Å². The van der Waals surface area contributed by atoms with E-state index < -0.39 is 0 Å². The van der Waals surface area contributed by atoms with Crippen LogP contribution in [0, 0.1) is 5.92 Å². The van der Waals surface area contributed by atoms with Crippen LogP contribution in [0.5, 0.6) is 0 Å². The van der Waals surface area contributed by atoms with Gasteiger partial charge in [0.1, 0.15) is 5.82 Å². The van der Waals surface area contributed by atoms with E-state index in [1.54, 1.807) is 0 Å². The molecule has 0 radical (unpaired) electrons. The summed E-state index contributed by atoms with van der Waals surface area (Å²) in [6, 6.07) is 0.469. The molecule has 2 aliphatic rings. The molecule has 1 aromatic rings. The van der Waals surface area contributed by atoms with Gasteiger partial charge < -0.3 is 10.0 Å². The molecule has 4 nitrogen and oxygen atoms in total. The number of nitrogens with zero attached hydrogens (tertiary/aromatic N) is 3. The van der Waals surface area contributed by atoms with Gasteiger partial charge in [0.15, 0.2) is 0 Å². The highest BCUT2D eigenvalue weighted by atomic mass is 32.1. The third-order valence-electron chi connectivity index (χ3n) is 4.84. The van der Waals surface area contributed by atoms with E-state index in [0.29, 0.717) is 12.0 Å². The SMILES string of the molecule is CCc1nsc(N2CCCCC2C2CCCCC2O)n1. The highest BCUT2D eigenvalue weighted by molar-refractivity contribution is 7.09. The van der Waals surface area contributed by atoms with Gasteiger partial charge in [-0.2, -0.15) is 4.37 Å². The molecule has 1 aromatic heterocycles. The van der Waals surface area contributed by atoms with Gasteiger partial charge in [-0.3, -0.25) is 0 Å². The topological polar surface area (TPSA) is 49.2 Å². The molecule has 1 N–H and O–H groups in total. The van der Waals surface area contributed by atoms with Crippen LogP contribution in [0.3, 0.4) is 0 Å². The Bertz CT molecular complexity index is 437. The van der Waals surface area contributed by atoms with Crippen molar-refractivity contribution < 1.29 is 5.11 Å². The molecule has 112 valence electrons. The zero-order valence-electron chi connectivity index (χ0n) is 12.3. The fourth-order valence-corrected chi connectivity index (χ4v) is 4.57. The van der Waals surface area contributed by atoms with Crippen molar-refractivity contribution in [3.8, 4) is 0 Å². The predicted octanol–water partition coefficient (Wildman–Crippen LogP) is 3.01. The minimum absolute atomic E-state index is 0.118. The number of aryl methyl sites for hydroxylation is 1. The van der Waals surface area contributed by atoms with Crippen molar-refractivity contribution in [1.82, 2.24) is 9.36 Å². The molecule has 2 heterocycles. The smallest absolute Gasteiger partial charge is 0.205 e. The molecule has 3 unspecified atom stereocenters. The molecular formula is C15H25N3OS. The molecule has 1 saturated heterocycles. The number of aliphatic hydroxyl groups excluding tert-OH is 1. The van der Waals surface area contributed by atoms with Crippen LogP contribution in [-0.2, 0) is 6.42 Å². The quantitative estimate of drug-likeness (QED) is 0.931. The molecule has 5 heteroatoms. The number of piperidine rings is 1. The predicted molar refractivity (Wildman–Crippen MR) is 82.2 cm³/mol. The first-order valence-corrected chi connectivity index (χ1v) is 8.84. The summed E-state index contributed by atoms with van der Waals surface area (Å²) in [7, 11) is 0. The minimum atomic E-state index is -0.118. The summed E-state index contributed by atoms with van der Waals surface area (Å²) in [6.45, 7) is 3.18. The molecule has 3 rings (SSSR count). The Balaban J connectivity index is 1.79. The first-order chi connectivity index (χ1) is 9.79. The van der Waals surface area contributed by atoms with Gasteiger partial charge in [0, 0.05) is 36.5 Å². The van der Waals surface area contributed by atoms with Crippen LogP contribution < -0.4 is 4.90 Å². The molecule has 0 spiro atoms. The lowest BCUT2D eigenvalue weighted by Crippen LogP contribution is -2.48. The third-order valence-corrected chi connectivity index (χ3v) is 5.64. The molecule has 1 saturated carbocycles. The van der Waals surface area contributed by atoms with Gasteiger partial charge >= 0.3 is 0 Å². The number of hydrogen-bond acceptors (Lipinski definition) is 5. The van der Waals surface area contributed by atoms with Crippen molar-refractivity contribution in [1.29, 1.82) is 0 Å². The van der Waals surface area contributed by atoms with Crippen LogP contribution in [0.15, 0.2) is 0 Å². The largest absolute Gasteiger partial charge is 0.393 e. The van der Waals surface area contributed by atoms with E-state index >= 15 is 0 Å². The Hall–Kier alpha value is -0.680. The van der Waals surface area contributed by atoms with E-state index in [4.69, 9.17) is 0 Å². The molecule has 0 bridgehead atoms. The zero-order valence-corrected chi connectivity index (χ0v) is 13.1. The van der Waals surface area contributed by atoms with Gasteiger partial charge in [0.25, 0.3) is 0 Å². The summed E-state index contributed by atoms with van der Waals surface area (Å²) in [6.07, 6.45) is 9.10. The maximum Gasteiger partial charge on any atom is 0.205 e. The molecule has 0 amide bonds. The Labute approximate surface area is 125 Å². The molecule has 1 aliphatic carbocycles. The number of hydrogen-bond donors (Lipinski definition) is 1. The lowest BCUT2D eigenvalue weighted by atomic mass is 9.78. The molecular weight excluding hydrogens is 270 g/mol. The van der Waals surface area contributed by atoms with Gasteiger partial charge in [-0.05, 0) is 32.1 Å². The second-order valence-corrected chi connectivity index (χ2v) is 6.85. The van der Waals surface area contributed by atoms with E-state index in [0.717, 1.165) is 30.3 Å². The van der Waals surface area contributed by atoms with Gasteiger partial charge in [-0.1, -0.05) is 19.8 Å². The number of rotatable bonds is 3. The molecule has 0 aromatic carbocycles. The van der Waals surface area contributed by atoms with Crippen LogP contribution in [-0.4, -0.2) is 33.2 Å². The van der Waals surface area contributed by atoms with Gasteiger partial charge in [-0.25, -0.2) is 4.98 Å². The first-order valence-electron chi connectivity index (χ1n) is 8.07. The van der Waals surface area contributed by atoms with Crippen LogP contribution in [0.1, 0.15) is 57.7 Å². The fourth-order valence-electron chi connectivity index (χ4n) is 3.73. The molecule has 2 fully saturated rings. The zero-order chi connectivity index (χ0) is 13.9. The average molecular weight is 295 g/mol. The van der Waals surface area contributed by atoms with Gasteiger partial charge in [0.2, 0.25) is 5.13 Å². The summed E-state index contributed by atoms with van der Waals surface area (Å²) >= 11 is 1.53. The number of anilines is 1. The van der Waals surface area contributed by atoms with E-state index in [9.17, 15) is 5.11 Å². The standard InChI is InChI=1S/C15H25N3OS/c1-2-14-16-15(20-17-14)18-10-6-5-8-12(18)11-7-3-4-9-13(11)19/h11-13,19H,2-10H2,1H3. The summed E-state index contributed by atoms with van der Waals surface area (Å²) in [5, 5.41) is 11.5. The summed E-state index contributed by atoms with van der Waals surface area (Å²) in [4.78, 5) is 7.12. The molecule has 1 aliphatic heterocycles. The van der Waals surface area contributed by atoms with Crippen molar-refractivity contribution in [2.75, 3.05) is 11.4 Å². The van der Waals surface area contributed by atoms with E-state index in [-0.39, 0.29) is 6.10 Å². The summed E-state index contributed by atoms with van der Waals surface area (Å²) < 4.78 is 4.43. The lowest BCUT2D eigenvalue weighted by molar-refractivity contribution is 0.0493. The van der Waals surface area contributed by atoms with Crippen molar-refractivity contribution in [3.63, 3.8) is 0 Å². The summed E-state index contributed by atoms with van der Waals surface area (Å²) in [5.41, 5.74) is 0. The maximum absolute atomic E-state index is 10.4. The molecule has 3 atom stereocenters. The maximum atomic E-state index is 10.4. The highest BCUT2D eigenvalue weighted by Crippen LogP contribution is 2.36. The van der Waals surface area contributed by atoms with Crippen LogP contribution in [0.4, 0.5) is 5.13 Å². The van der Waals surface area contributed by atoms with Crippen LogP contribution in [0.25, 0.3) is 0 Å². The Morgan fingerprint density at radius 2 is 2.00 bits per heavy atom. The first kappa shape index (κ1) is 14.3. The third kappa shape index (κ3) is 2.84. The van der Waals surface area contributed by atoms with Crippen molar-refractivity contribution in [3.05, 3.63) is 5.82 Å². The Kier molecular flexibility index (Phi) is 4.56. The van der Waals surface area contributed by atoms with Crippen molar-refractivity contribution >= 4 is 16.7 Å². The lowest BCUT2D eigenvalue weighted by Gasteiger charge is -2.43. The Morgan fingerprint density at radius 1 is 1.20 bits per heavy atom. The second-order valence-electron chi connectivity index (χ2n) is 6.12. The van der Waals surface area contributed by atoms with Crippen molar-refractivity contribution in [2.24, 2.45) is 5.92 Å². The average Bonchev–Trinajstić information content (AvgIpc) is 2.97.